The minimum Gasteiger partial charge on any atom is -0.319 e. The quantitative estimate of drug-likeness (QED) is 0.637. The number of benzene rings is 3. The third-order valence-electron chi connectivity index (χ3n) is 4.21. The molecular formula is C21H18F2N2O3S. The van der Waals surface area contributed by atoms with E-state index < -0.39 is 27.6 Å². The monoisotopic (exact) mass is 416 g/mol. The molecule has 0 radical (unpaired) electrons. The van der Waals surface area contributed by atoms with Gasteiger partial charge in [-0.3, -0.25) is 9.52 Å². The Balaban J connectivity index is 1.88. The average Bonchev–Trinajstić information content (AvgIpc) is 2.66. The molecule has 3 aromatic carbocycles. The zero-order valence-electron chi connectivity index (χ0n) is 15.7. The topological polar surface area (TPSA) is 75.3 Å². The van der Waals surface area contributed by atoms with E-state index in [1.165, 1.54) is 42.5 Å². The van der Waals surface area contributed by atoms with Crippen molar-refractivity contribution in [2.45, 2.75) is 18.7 Å². The van der Waals surface area contributed by atoms with Gasteiger partial charge in [-0.2, -0.15) is 0 Å². The van der Waals surface area contributed by atoms with E-state index in [4.69, 9.17) is 0 Å². The molecule has 0 saturated carbocycles. The van der Waals surface area contributed by atoms with E-state index in [1.807, 2.05) is 0 Å². The fourth-order valence-electron chi connectivity index (χ4n) is 2.67. The molecule has 2 N–H and O–H groups in total. The lowest BCUT2D eigenvalue weighted by Crippen LogP contribution is -2.17. The first-order valence-corrected chi connectivity index (χ1v) is 10.1. The van der Waals surface area contributed by atoms with Crippen molar-refractivity contribution in [2.75, 3.05) is 10.0 Å². The summed E-state index contributed by atoms with van der Waals surface area (Å²) in [6.07, 6.45) is 0. The van der Waals surface area contributed by atoms with Crippen molar-refractivity contribution < 1.29 is 22.0 Å². The van der Waals surface area contributed by atoms with E-state index >= 15 is 0 Å². The van der Waals surface area contributed by atoms with Gasteiger partial charge in [-0.05, 0) is 73.5 Å². The fourth-order valence-corrected chi connectivity index (χ4v) is 4.01. The van der Waals surface area contributed by atoms with Crippen LogP contribution in [0.5, 0.6) is 0 Å². The van der Waals surface area contributed by atoms with E-state index in [9.17, 15) is 22.0 Å². The van der Waals surface area contributed by atoms with Gasteiger partial charge in [0.05, 0.1) is 10.6 Å². The largest absolute Gasteiger partial charge is 0.319 e. The zero-order valence-corrected chi connectivity index (χ0v) is 16.5. The molecule has 0 aromatic heterocycles. The number of hydrogen-bond donors (Lipinski definition) is 2. The number of amides is 1. The summed E-state index contributed by atoms with van der Waals surface area (Å²) in [6, 6.07) is 13.4. The molecule has 3 aromatic rings. The molecule has 0 atom stereocenters. The Morgan fingerprint density at radius 3 is 2.24 bits per heavy atom. The highest BCUT2D eigenvalue weighted by Gasteiger charge is 2.20. The fraction of sp³-hybridized carbons (Fsp3) is 0.0952. The Kier molecular flexibility index (Phi) is 5.65. The lowest BCUT2D eigenvalue weighted by Gasteiger charge is -2.12. The first-order valence-electron chi connectivity index (χ1n) is 8.62. The highest BCUT2D eigenvalue weighted by Crippen LogP contribution is 2.22. The lowest BCUT2D eigenvalue weighted by molar-refractivity contribution is 0.102. The molecule has 0 saturated heterocycles. The maximum Gasteiger partial charge on any atom is 0.262 e. The molecule has 29 heavy (non-hydrogen) atoms. The van der Waals surface area contributed by atoms with Crippen molar-refractivity contribution in [3.63, 3.8) is 0 Å². The van der Waals surface area contributed by atoms with Crippen LogP contribution in [0.25, 0.3) is 0 Å². The average molecular weight is 416 g/mol. The minimum atomic E-state index is -4.03. The van der Waals surface area contributed by atoms with Crippen molar-refractivity contribution in [3.8, 4) is 0 Å². The first-order chi connectivity index (χ1) is 13.7. The van der Waals surface area contributed by atoms with Gasteiger partial charge in [0, 0.05) is 11.3 Å². The van der Waals surface area contributed by atoms with Gasteiger partial charge in [-0.1, -0.05) is 12.1 Å². The number of hydrogen-bond acceptors (Lipinski definition) is 3. The van der Waals surface area contributed by atoms with Crippen molar-refractivity contribution >= 4 is 27.3 Å². The Hall–Kier alpha value is -3.26. The van der Waals surface area contributed by atoms with Gasteiger partial charge in [0.15, 0.2) is 0 Å². The normalized spacial score (nSPS) is 11.2. The third kappa shape index (κ3) is 4.78. The summed E-state index contributed by atoms with van der Waals surface area (Å²) >= 11 is 0. The maximum atomic E-state index is 14.0. The van der Waals surface area contributed by atoms with Gasteiger partial charge in [-0.25, -0.2) is 17.2 Å². The van der Waals surface area contributed by atoms with Crippen LogP contribution in [0.1, 0.15) is 21.5 Å². The SMILES string of the molecule is Cc1ccc(NC(=O)c2ccc(C)c(S(=O)(=O)Nc3ccc(F)cc3)c2)c(F)c1. The van der Waals surface area contributed by atoms with Crippen LogP contribution in [0.3, 0.4) is 0 Å². The number of anilines is 2. The summed E-state index contributed by atoms with van der Waals surface area (Å²) in [7, 11) is -4.03. The van der Waals surface area contributed by atoms with E-state index in [-0.39, 0.29) is 21.8 Å². The van der Waals surface area contributed by atoms with Crippen LogP contribution in [0.15, 0.2) is 65.6 Å². The van der Waals surface area contributed by atoms with E-state index in [0.29, 0.717) is 11.1 Å². The number of rotatable bonds is 5. The predicted octanol–water partition coefficient (Wildman–Crippen LogP) is 4.63. The lowest BCUT2D eigenvalue weighted by atomic mass is 10.1. The molecule has 0 aliphatic heterocycles. The maximum absolute atomic E-state index is 14.0. The highest BCUT2D eigenvalue weighted by atomic mass is 32.2. The van der Waals surface area contributed by atoms with Crippen molar-refractivity contribution in [3.05, 3.63) is 89.0 Å². The Morgan fingerprint density at radius 2 is 1.59 bits per heavy atom. The molecule has 8 heteroatoms. The minimum absolute atomic E-state index is 0.00461. The number of sulfonamides is 1. The van der Waals surface area contributed by atoms with Crippen LogP contribution in [0, 0.1) is 25.5 Å². The molecule has 5 nitrogen and oxygen atoms in total. The number of halogens is 2. The number of aryl methyl sites for hydroxylation is 2. The first kappa shape index (κ1) is 20.5. The summed E-state index contributed by atoms with van der Waals surface area (Å²) in [6.45, 7) is 3.31. The van der Waals surface area contributed by atoms with Crippen LogP contribution in [0.4, 0.5) is 20.2 Å². The summed E-state index contributed by atoms with van der Waals surface area (Å²) < 4.78 is 54.8. The molecule has 0 aliphatic carbocycles. The second-order valence-electron chi connectivity index (χ2n) is 6.53. The van der Waals surface area contributed by atoms with E-state index in [1.54, 1.807) is 19.9 Å². The smallest absolute Gasteiger partial charge is 0.262 e. The zero-order chi connectivity index (χ0) is 21.2. The Labute approximate surface area is 167 Å². The van der Waals surface area contributed by atoms with Crippen LogP contribution >= 0.6 is 0 Å². The molecule has 3 rings (SSSR count). The molecule has 0 bridgehead atoms. The highest BCUT2D eigenvalue weighted by molar-refractivity contribution is 7.92. The molecule has 0 aliphatic rings. The van der Waals surface area contributed by atoms with Crippen molar-refractivity contribution in [1.82, 2.24) is 0 Å². The van der Waals surface area contributed by atoms with Crippen molar-refractivity contribution in [1.29, 1.82) is 0 Å². The number of carbonyl (C=O) groups is 1. The predicted molar refractivity (Wildman–Crippen MR) is 107 cm³/mol. The van der Waals surface area contributed by atoms with E-state index in [2.05, 4.69) is 10.0 Å². The number of nitrogens with one attached hydrogen (secondary N) is 2. The summed E-state index contributed by atoms with van der Waals surface area (Å²) in [5, 5.41) is 2.44. The van der Waals surface area contributed by atoms with Crippen molar-refractivity contribution in [2.24, 2.45) is 0 Å². The molecule has 0 heterocycles. The number of carbonyl (C=O) groups excluding carboxylic acids is 1. The third-order valence-corrected chi connectivity index (χ3v) is 5.73. The second-order valence-corrected chi connectivity index (χ2v) is 8.18. The van der Waals surface area contributed by atoms with Crippen LogP contribution < -0.4 is 10.0 Å². The Morgan fingerprint density at radius 1 is 0.897 bits per heavy atom. The molecule has 0 unspecified atom stereocenters. The van der Waals surface area contributed by atoms with Gasteiger partial charge >= 0.3 is 0 Å². The van der Waals surface area contributed by atoms with Gasteiger partial charge in [-0.15, -0.1) is 0 Å². The summed E-state index contributed by atoms with van der Waals surface area (Å²) in [4.78, 5) is 12.4. The van der Waals surface area contributed by atoms with Crippen LogP contribution in [-0.4, -0.2) is 14.3 Å². The van der Waals surface area contributed by atoms with Crippen LogP contribution in [-0.2, 0) is 10.0 Å². The molecule has 0 spiro atoms. The molecule has 1 amide bonds. The molecule has 0 fully saturated rings. The van der Waals surface area contributed by atoms with E-state index in [0.717, 1.165) is 12.1 Å². The van der Waals surface area contributed by atoms with Gasteiger partial charge < -0.3 is 5.32 Å². The summed E-state index contributed by atoms with van der Waals surface area (Å²) in [5.74, 6) is -1.73. The summed E-state index contributed by atoms with van der Waals surface area (Å²) in [5.41, 5.74) is 1.35. The Bertz CT molecular complexity index is 1180. The van der Waals surface area contributed by atoms with Gasteiger partial charge in [0.25, 0.3) is 15.9 Å². The molecular weight excluding hydrogens is 398 g/mol. The standard InChI is InChI=1S/C21H18F2N2O3S/c1-13-3-10-19(18(23)11-13)24-21(26)15-5-4-14(2)20(12-15)29(27,28)25-17-8-6-16(22)7-9-17/h3-12,25H,1-2H3,(H,24,26). The van der Waals surface area contributed by atoms with Crippen LogP contribution in [0.2, 0.25) is 0 Å². The van der Waals surface area contributed by atoms with Gasteiger partial charge in [0.2, 0.25) is 0 Å². The molecule has 150 valence electrons. The second kappa shape index (κ2) is 8.00. The van der Waals surface area contributed by atoms with Gasteiger partial charge in [0.1, 0.15) is 11.6 Å².